The molecule has 0 unspecified atom stereocenters. The molecule has 0 fully saturated rings. The van der Waals surface area contributed by atoms with E-state index in [1.54, 1.807) is 19.1 Å². The lowest BCUT2D eigenvalue weighted by molar-refractivity contribution is 0.592. The van der Waals surface area contributed by atoms with Crippen molar-refractivity contribution >= 4 is 9.84 Å². The molecule has 0 saturated carbocycles. The average Bonchev–Trinajstić information content (AvgIpc) is 2.31. The van der Waals surface area contributed by atoms with Crippen LogP contribution in [0.5, 0.6) is 0 Å². The first-order chi connectivity index (χ1) is 8.03. The van der Waals surface area contributed by atoms with E-state index in [2.05, 4.69) is 5.32 Å². The number of hydrogen-bond acceptors (Lipinski definition) is 3. The zero-order valence-electron chi connectivity index (χ0n) is 9.95. The minimum absolute atomic E-state index is 0.174. The third-order valence-corrected chi connectivity index (χ3v) is 4.24. The molecule has 0 amide bonds. The Morgan fingerprint density at radius 3 is 2.41 bits per heavy atom. The summed E-state index contributed by atoms with van der Waals surface area (Å²) in [5.74, 6) is 0.121. The molecular weight excluding hydrogens is 241 g/mol. The zero-order chi connectivity index (χ0) is 12.7. The van der Waals surface area contributed by atoms with Crippen LogP contribution in [0.2, 0.25) is 0 Å². The summed E-state index contributed by atoms with van der Waals surface area (Å²) < 4.78 is 35.0. The Morgan fingerprint density at radius 2 is 1.82 bits per heavy atom. The van der Waals surface area contributed by atoms with Gasteiger partial charge in [0.2, 0.25) is 0 Å². The summed E-state index contributed by atoms with van der Waals surface area (Å²) in [6.07, 6.45) is 0.770. The van der Waals surface area contributed by atoms with Gasteiger partial charge >= 0.3 is 0 Å². The van der Waals surface area contributed by atoms with Crippen LogP contribution in [-0.2, 0) is 16.3 Å². The smallest absolute Gasteiger partial charge is 0.151 e. The van der Waals surface area contributed by atoms with Gasteiger partial charge in [0.25, 0.3) is 0 Å². The van der Waals surface area contributed by atoms with E-state index in [1.807, 2.05) is 0 Å². The van der Waals surface area contributed by atoms with Crippen molar-refractivity contribution in [2.75, 3.05) is 24.6 Å². The first-order valence-corrected chi connectivity index (χ1v) is 7.51. The molecule has 5 heteroatoms. The second-order valence-electron chi connectivity index (χ2n) is 3.86. The lowest BCUT2D eigenvalue weighted by atomic mass is 10.1. The number of halogens is 1. The Bertz CT molecular complexity index is 428. The van der Waals surface area contributed by atoms with Crippen molar-refractivity contribution in [1.29, 1.82) is 0 Å². The van der Waals surface area contributed by atoms with Gasteiger partial charge in [-0.15, -0.1) is 0 Å². The summed E-state index contributed by atoms with van der Waals surface area (Å²) in [6.45, 7) is 2.82. The van der Waals surface area contributed by atoms with Crippen LogP contribution < -0.4 is 5.32 Å². The van der Waals surface area contributed by atoms with Crippen LogP contribution in [0.25, 0.3) is 0 Å². The largest absolute Gasteiger partial charge is 0.315 e. The zero-order valence-corrected chi connectivity index (χ0v) is 10.8. The molecule has 0 saturated heterocycles. The fourth-order valence-electron chi connectivity index (χ4n) is 1.38. The Hall–Kier alpha value is -0.940. The van der Waals surface area contributed by atoms with E-state index in [0.29, 0.717) is 13.1 Å². The van der Waals surface area contributed by atoms with Crippen molar-refractivity contribution in [3.63, 3.8) is 0 Å². The average molecular weight is 259 g/mol. The van der Waals surface area contributed by atoms with Gasteiger partial charge in [-0.2, -0.15) is 0 Å². The summed E-state index contributed by atoms with van der Waals surface area (Å²) in [5, 5.41) is 3.07. The maximum atomic E-state index is 12.6. The summed E-state index contributed by atoms with van der Waals surface area (Å²) >= 11 is 0. The summed E-state index contributed by atoms with van der Waals surface area (Å²) in [5.41, 5.74) is 1.04. The molecule has 0 aliphatic rings. The summed E-state index contributed by atoms with van der Waals surface area (Å²) in [4.78, 5) is 0. The Morgan fingerprint density at radius 1 is 1.18 bits per heavy atom. The van der Waals surface area contributed by atoms with E-state index < -0.39 is 9.84 Å². The number of rotatable bonds is 7. The Balaban J connectivity index is 2.19. The van der Waals surface area contributed by atoms with Gasteiger partial charge < -0.3 is 5.32 Å². The maximum absolute atomic E-state index is 12.6. The number of hydrogen-bond donors (Lipinski definition) is 1. The van der Waals surface area contributed by atoms with Gasteiger partial charge in [0.05, 0.1) is 5.75 Å². The minimum atomic E-state index is -2.88. The molecule has 0 radical (unpaired) electrons. The highest BCUT2D eigenvalue weighted by Crippen LogP contribution is 2.02. The molecule has 96 valence electrons. The van der Waals surface area contributed by atoms with E-state index >= 15 is 0 Å². The number of nitrogens with one attached hydrogen (secondary N) is 1. The van der Waals surface area contributed by atoms with Crippen LogP contribution >= 0.6 is 0 Å². The Labute approximate surface area is 102 Å². The lowest BCUT2D eigenvalue weighted by Gasteiger charge is -2.05. The van der Waals surface area contributed by atoms with Gasteiger partial charge in [-0.1, -0.05) is 19.1 Å². The van der Waals surface area contributed by atoms with Crippen LogP contribution in [0.15, 0.2) is 24.3 Å². The van der Waals surface area contributed by atoms with Crippen molar-refractivity contribution < 1.29 is 12.8 Å². The normalized spacial score (nSPS) is 11.6. The quantitative estimate of drug-likeness (QED) is 0.753. The maximum Gasteiger partial charge on any atom is 0.151 e. The fourth-order valence-corrected chi connectivity index (χ4v) is 2.12. The predicted molar refractivity (Wildman–Crippen MR) is 67.3 cm³/mol. The minimum Gasteiger partial charge on any atom is -0.315 e. The Kier molecular flexibility index (Phi) is 5.58. The van der Waals surface area contributed by atoms with Crippen molar-refractivity contribution in [1.82, 2.24) is 5.32 Å². The van der Waals surface area contributed by atoms with Crippen molar-refractivity contribution in [3.8, 4) is 0 Å². The summed E-state index contributed by atoms with van der Waals surface area (Å²) in [7, 11) is -2.88. The SMILES string of the molecule is CCS(=O)(=O)CCNCCc1ccc(F)cc1. The second kappa shape index (κ2) is 6.71. The third-order valence-electron chi connectivity index (χ3n) is 2.53. The van der Waals surface area contributed by atoms with Crippen LogP contribution in [-0.4, -0.2) is 33.0 Å². The van der Waals surface area contributed by atoms with Gasteiger partial charge in [-0.3, -0.25) is 0 Å². The molecule has 0 aliphatic heterocycles. The van der Waals surface area contributed by atoms with E-state index in [1.165, 1.54) is 12.1 Å². The molecule has 1 aromatic carbocycles. The highest BCUT2D eigenvalue weighted by Gasteiger charge is 2.05. The van der Waals surface area contributed by atoms with E-state index in [9.17, 15) is 12.8 Å². The van der Waals surface area contributed by atoms with Gasteiger partial charge in [-0.05, 0) is 30.7 Å². The van der Waals surface area contributed by atoms with Gasteiger partial charge in [0.15, 0.2) is 9.84 Å². The van der Waals surface area contributed by atoms with Crippen LogP contribution in [0, 0.1) is 5.82 Å². The van der Waals surface area contributed by atoms with E-state index in [4.69, 9.17) is 0 Å². The molecule has 0 heterocycles. The van der Waals surface area contributed by atoms with Crippen molar-refractivity contribution in [2.24, 2.45) is 0 Å². The van der Waals surface area contributed by atoms with Crippen LogP contribution in [0.4, 0.5) is 4.39 Å². The number of sulfone groups is 1. The molecule has 17 heavy (non-hydrogen) atoms. The third kappa shape index (κ3) is 5.79. The topological polar surface area (TPSA) is 46.2 Å². The van der Waals surface area contributed by atoms with Crippen molar-refractivity contribution in [3.05, 3.63) is 35.6 Å². The molecule has 0 aliphatic carbocycles. The second-order valence-corrected chi connectivity index (χ2v) is 6.34. The highest BCUT2D eigenvalue weighted by atomic mass is 32.2. The predicted octanol–water partition coefficient (Wildman–Crippen LogP) is 1.39. The van der Waals surface area contributed by atoms with E-state index in [0.717, 1.165) is 12.0 Å². The first kappa shape index (κ1) is 14.1. The standard InChI is InChI=1S/C12H18FNO2S/c1-2-17(15,16)10-9-14-8-7-11-3-5-12(13)6-4-11/h3-6,14H,2,7-10H2,1H3. The molecule has 0 aromatic heterocycles. The van der Waals surface area contributed by atoms with Gasteiger partial charge in [-0.25, -0.2) is 12.8 Å². The fraction of sp³-hybridized carbons (Fsp3) is 0.500. The molecule has 0 bridgehead atoms. The van der Waals surface area contributed by atoms with E-state index in [-0.39, 0.29) is 17.3 Å². The van der Waals surface area contributed by atoms with Crippen LogP contribution in [0.3, 0.4) is 0 Å². The van der Waals surface area contributed by atoms with Gasteiger partial charge in [0.1, 0.15) is 5.82 Å². The van der Waals surface area contributed by atoms with Crippen LogP contribution in [0.1, 0.15) is 12.5 Å². The lowest BCUT2D eigenvalue weighted by Crippen LogP contribution is -2.25. The number of benzene rings is 1. The molecule has 0 atom stereocenters. The molecular formula is C12H18FNO2S. The molecule has 1 rings (SSSR count). The molecule has 3 nitrogen and oxygen atoms in total. The van der Waals surface area contributed by atoms with Gasteiger partial charge in [0, 0.05) is 12.3 Å². The van der Waals surface area contributed by atoms with Crippen molar-refractivity contribution in [2.45, 2.75) is 13.3 Å². The summed E-state index contributed by atoms with van der Waals surface area (Å²) in [6, 6.07) is 6.33. The first-order valence-electron chi connectivity index (χ1n) is 5.69. The molecule has 1 N–H and O–H groups in total. The monoisotopic (exact) mass is 259 g/mol. The molecule has 1 aromatic rings. The molecule has 0 spiro atoms. The highest BCUT2D eigenvalue weighted by molar-refractivity contribution is 7.91.